The van der Waals surface area contributed by atoms with E-state index in [0.29, 0.717) is 6.04 Å². The highest BCUT2D eigenvalue weighted by Crippen LogP contribution is 2.22. The molecule has 0 spiro atoms. The summed E-state index contributed by atoms with van der Waals surface area (Å²) < 4.78 is 0. The van der Waals surface area contributed by atoms with Crippen molar-refractivity contribution in [2.24, 2.45) is 0 Å². The smallest absolute Gasteiger partial charge is 0.319 e. The lowest BCUT2D eigenvalue weighted by molar-refractivity contribution is 0.248. The molecule has 1 saturated carbocycles. The Kier molecular flexibility index (Phi) is 3.75. The van der Waals surface area contributed by atoms with Crippen LogP contribution in [0.5, 0.6) is 0 Å². The Hall–Kier alpha value is -1.71. The van der Waals surface area contributed by atoms with Crippen LogP contribution >= 0.6 is 0 Å². The van der Waals surface area contributed by atoms with E-state index in [1.165, 1.54) is 12.8 Å². The molecular weight excluding hydrogens is 226 g/mol. The average Bonchev–Trinajstić information content (AvgIpc) is 2.78. The van der Waals surface area contributed by atoms with Crippen LogP contribution in [-0.4, -0.2) is 12.1 Å². The summed E-state index contributed by atoms with van der Waals surface area (Å²) in [5.74, 6) is 0. The van der Waals surface area contributed by atoms with Crippen molar-refractivity contribution in [3.8, 4) is 0 Å². The molecule has 18 heavy (non-hydrogen) atoms. The molecule has 1 fully saturated rings. The van der Waals surface area contributed by atoms with E-state index in [4.69, 9.17) is 5.73 Å². The van der Waals surface area contributed by atoms with Gasteiger partial charge in [-0.2, -0.15) is 0 Å². The molecule has 0 aromatic heterocycles. The van der Waals surface area contributed by atoms with Crippen molar-refractivity contribution >= 4 is 17.4 Å². The molecule has 1 aliphatic rings. The lowest BCUT2D eigenvalue weighted by Gasteiger charge is -2.15. The molecule has 1 aromatic rings. The molecule has 1 aromatic carbocycles. The van der Waals surface area contributed by atoms with Gasteiger partial charge in [-0.1, -0.05) is 12.8 Å². The maximum atomic E-state index is 11.9. The third kappa shape index (κ3) is 2.94. The first kappa shape index (κ1) is 12.7. The third-order valence-electron chi connectivity index (χ3n) is 3.55. The SMILES string of the molecule is Cc1cc(NC(=O)NC2CCCC2)c(C)cc1N. The second-order valence-corrected chi connectivity index (χ2v) is 5.10. The highest BCUT2D eigenvalue weighted by atomic mass is 16.2. The molecule has 0 aliphatic heterocycles. The molecule has 2 amide bonds. The van der Waals surface area contributed by atoms with Gasteiger partial charge in [-0.05, 0) is 49.9 Å². The van der Waals surface area contributed by atoms with Crippen molar-refractivity contribution in [2.45, 2.75) is 45.6 Å². The third-order valence-corrected chi connectivity index (χ3v) is 3.55. The number of rotatable bonds is 2. The summed E-state index contributed by atoms with van der Waals surface area (Å²) in [6.45, 7) is 3.88. The average molecular weight is 247 g/mol. The number of nitrogen functional groups attached to an aromatic ring is 1. The first-order valence-corrected chi connectivity index (χ1v) is 6.50. The van der Waals surface area contributed by atoms with E-state index in [9.17, 15) is 4.79 Å². The number of benzene rings is 1. The van der Waals surface area contributed by atoms with Crippen LogP contribution in [0.3, 0.4) is 0 Å². The number of aryl methyl sites for hydroxylation is 2. The van der Waals surface area contributed by atoms with E-state index in [2.05, 4.69) is 10.6 Å². The Morgan fingerprint density at radius 3 is 2.56 bits per heavy atom. The number of carbonyl (C=O) groups excluding carboxylic acids is 1. The first-order chi connectivity index (χ1) is 8.56. The lowest BCUT2D eigenvalue weighted by Crippen LogP contribution is -2.36. The highest BCUT2D eigenvalue weighted by molar-refractivity contribution is 5.90. The second-order valence-electron chi connectivity index (χ2n) is 5.10. The molecule has 0 atom stereocenters. The van der Waals surface area contributed by atoms with Crippen LogP contribution in [0.1, 0.15) is 36.8 Å². The predicted octanol–water partition coefficient (Wildman–Crippen LogP) is 2.95. The molecule has 4 heteroatoms. The van der Waals surface area contributed by atoms with Gasteiger partial charge in [-0.15, -0.1) is 0 Å². The van der Waals surface area contributed by atoms with Crippen LogP contribution in [0.15, 0.2) is 12.1 Å². The fraction of sp³-hybridized carbons (Fsp3) is 0.500. The normalized spacial score (nSPS) is 15.7. The van der Waals surface area contributed by atoms with E-state index in [-0.39, 0.29) is 6.03 Å². The Morgan fingerprint density at radius 1 is 1.22 bits per heavy atom. The second kappa shape index (κ2) is 5.29. The van der Waals surface area contributed by atoms with Crippen molar-refractivity contribution in [1.29, 1.82) is 0 Å². The summed E-state index contributed by atoms with van der Waals surface area (Å²) in [4.78, 5) is 11.9. The number of nitrogens with two attached hydrogens (primary N) is 1. The minimum absolute atomic E-state index is 0.117. The molecule has 0 radical (unpaired) electrons. The van der Waals surface area contributed by atoms with Crippen LogP contribution < -0.4 is 16.4 Å². The number of anilines is 2. The summed E-state index contributed by atoms with van der Waals surface area (Å²) in [5, 5.41) is 5.91. The number of hydrogen-bond donors (Lipinski definition) is 3. The van der Waals surface area contributed by atoms with Gasteiger partial charge in [0.25, 0.3) is 0 Å². The van der Waals surface area contributed by atoms with E-state index in [1.54, 1.807) is 0 Å². The maximum Gasteiger partial charge on any atom is 0.319 e. The largest absolute Gasteiger partial charge is 0.399 e. The van der Waals surface area contributed by atoms with E-state index in [0.717, 1.165) is 35.3 Å². The lowest BCUT2D eigenvalue weighted by atomic mass is 10.1. The van der Waals surface area contributed by atoms with E-state index >= 15 is 0 Å². The predicted molar refractivity (Wildman–Crippen MR) is 74.7 cm³/mol. The summed E-state index contributed by atoms with van der Waals surface area (Å²) in [5.41, 5.74) is 9.38. The molecule has 1 aliphatic carbocycles. The molecule has 0 bridgehead atoms. The fourth-order valence-corrected chi connectivity index (χ4v) is 2.39. The van der Waals surface area contributed by atoms with Gasteiger partial charge in [0.15, 0.2) is 0 Å². The van der Waals surface area contributed by atoms with Crippen LogP contribution in [-0.2, 0) is 0 Å². The van der Waals surface area contributed by atoms with Gasteiger partial charge in [0.1, 0.15) is 0 Å². The quantitative estimate of drug-likeness (QED) is 0.703. The number of nitrogens with one attached hydrogen (secondary N) is 2. The zero-order valence-corrected chi connectivity index (χ0v) is 11.0. The Bertz CT molecular complexity index is 451. The topological polar surface area (TPSA) is 67.2 Å². The van der Waals surface area contributed by atoms with Crippen LogP contribution in [0.2, 0.25) is 0 Å². The van der Waals surface area contributed by atoms with Crippen molar-refractivity contribution in [3.63, 3.8) is 0 Å². The van der Waals surface area contributed by atoms with Gasteiger partial charge in [-0.25, -0.2) is 4.79 Å². The first-order valence-electron chi connectivity index (χ1n) is 6.50. The van der Waals surface area contributed by atoms with Crippen molar-refractivity contribution in [2.75, 3.05) is 11.1 Å². The zero-order chi connectivity index (χ0) is 13.1. The number of carbonyl (C=O) groups is 1. The number of hydrogen-bond acceptors (Lipinski definition) is 2. The van der Waals surface area contributed by atoms with Crippen LogP contribution in [0.25, 0.3) is 0 Å². The van der Waals surface area contributed by atoms with Gasteiger partial charge >= 0.3 is 6.03 Å². The minimum atomic E-state index is -0.117. The summed E-state index contributed by atoms with van der Waals surface area (Å²) in [7, 11) is 0. The van der Waals surface area contributed by atoms with Crippen LogP contribution in [0, 0.1) is 13.8 Å². The van der Waals surface area contributed by atoms with Gasteiger partial charge < -0.3 is 16.4 Å². The number of urea groups is 1. The highest BCUT2D eigenvalue weighted by Gasteiger charge is 2.17. The molecule has 4 nitrogen and oxygen atoms in total. The van der Waals surface area contributed by atoms with Gasteiger partial charge in [0, 0.05) is 17.4 Å². The fourth-order valence-electron chi connectivity index (χ4n) is 2.39. The van der Waals surface area contributed by atoms with Gasteiger partial charge in [-0.3, -0.25) is 0 Å². The Balaban J connectivity index is 2.00. The molecular formula is C14H21N3O. The maximum absolute atomic E-state index is 11.9. The van der Waals surface area contributed by atoms with Gasteiger partial charge in [0.2, 0.25) is 0 Å². The van der Waals surface area contributed by atoms with Crippen molar-refractivity contribution < 1.29 is 4.79 Å². The Morgan fingerprint density at radius 2 is 1.89 bits per heavy atom. The Labute approximate surface area is 108 Å². The van der Waals surface area contributed by atoms with E-state index in [1.807, 2.05) is 26.0 Å². The summed E-state index contributed by atoms with van der Waals surface area (Å²) in [6.07, 6.45) is 4.61. The standard InChI is InChI=1S/C14H21N3O/c1-9-8-13(10(2)7-12(9)15)17-14(18)16-11-5-3-4-6-11/h7-8,11H,3-6,15H2,1-2H3,(H2,16,17,18). The number of amides is 2. The van der Waals surface area contributed by atoms with E-state index < -0.39 is 0 Å². The van der Waals surface area contributed by atoms with Crippen LogP contribution in [0.4, 0.5) is 16.2 Å². The summed E-state index contributed by atoms with van der Waals surface area (Å²) >= 11 is 0. The molecule has 0 saturated heterocycles. The minimum Gasteiger partial charge on any atom is -0.399 e. The monoisotopic (exact) mass is 247 g/mol. The molecule has 2 rings (SSSR count). The van der Waals surface area contributed by atoms with Crippen molar-refractivity contribution in [1.82, 2.24) is 5.32 Å². The summed E-state index contributed by atoms with van der Waals surface area (Å²) in [6, 6.07) is 4.02. The molecule has 98 valence electrons. The molecule has 4 N–H and O–H groups in total. The zero-order valence-electron chi connectivity index (χ0n) is 11.0. The molecule has 0 unspecified atom stereocenters. The van der Waals surface area contributed by atoms with Gasteiger partial charge in [0.05, 0.1) is 0 Å². The molecule has 0 heterocycles. The van der Waals surface area contributed by atoms with Crippen molar-refractivity contribution in [3.05, 3.63) is 23.3 Å².